The minimum Gasteiger partial charge on any atom is -0.367 e. The predicted octanol–water partition coefficient (Wildman–Crippen LogP) is 1.57. The molecule has 3 aromatic rings. The topological polar surface area (TPSA) is 57.7 Å². The molecule has 0 fully saturated rings. The summed E-state index contributed by atoms with van der Waals surface area (Å²) < 4.78 is 0. The van der Waals surface area contributed by atoms with Crippen LogP contribution in [0.4, 0.5) is 11.4 Å². The van der Waals surface area contributed by atoms with Gasteiger partial charge in [-0.1, -0.05) is 55.9 Å². The van der Waals surface area contributed by atoms with Crippen LogP contribution in [-0.4, -0.2) is 25.5 Å². The van der Waals surface area contributed by atoms with E-state index < -0.39 is 16.3 Å². The van der Waals surface area contributed by atoms with E-state index in [1.165, 1.54) is 0 Å². The summed E-state index contributed by atoms with van der Waals surface area (Å²) >= 11 is 1.57. The first-order valence-corrected chi connectivity index (χ1v) is 11.5. The summed E-state index contributed by atoms with van der Waals surface area (Å²) in [6.45, 7) is 4.20. The number of thioether (sulfide) groups is 1. The Kier molecular flexibility index (Phi) is 4.67. The molecule has 0 amide bonds. The maximum absolute atomic E-state index is 13.2. The second-order valence-electron chi connectivity index (χ2n) is 9.03. The van der Waals surface area contributed by atoms with Crippen LogP contribution in [0, 0.1) is 0 Å². The number of hydrogen-bond donors (Lipinski definition) is 0. The van der Waals surface area contributed by atoms with E-state index in [0.29, 0.717) is 0 Å². The van der Waals surface area contributed by atoms with Crippen molar-refractivity contribution in [3.05, 3.63) is 95.2 Å². The average Bonchev–Trinajstić information content (AvgIpc) is 3.28. The number of benzene rings is 2. The van der Waals surface area contributed by atoms with Crippen LogP contribution >= 0.6 is 11.8 Å². The molecule has 0 radical (unpaired) electrons. The Morgan fingerprint density at radius 1 is 0.781 bits per heavy atom. The lowest BCUT2D eigenvalue weighted by Crippen LogP contribution is -2.44. The summed E-state index contributed by atoms with van der Waals surface area (Å²) in [4.78, 5) is 44.1. The Morgan fingerprint density at radius 3 is 2.03 bits per heavy atom. The summed E-state index contributed by atoms with van der Waals surface area (Å²) in [5, 5.41) is -0.242. The molecule has 5 nitrogen and oxygen atoms in total. The van der Waals surface area contributed by atoms with Gasteiger partial charge in [-0.05, 0) is 35.9 Å². The Hall–Kier alpha value is -3.12. The fourth-order valence-corrected chi connectivity index (χ4v) is 6.20. The Morgan fingerprint density at radius 2 is 1.38 bits per heavy atom. The van der Waals surface area contributed by atoms with Gasteiger partial charge in [-0.3, -0.25) is 14.4 Å². The van der Waals surface area contributed by atoms with E-state index in [1.54, 1.807) is 23.9 Å². The first-order chi connectivity index (χ1) is 15.2. The second-order valence-corrected chi connectivity index (χ2v) is 10.2. The van der Waals surface area contributed by atoms with Crippen LogP contribution < -0.4 is 36.5 Å². The fraction of sp³-hybridized carbons (Fsp3) is 0.269. The molecule has 162 valence electrons. The second kappa shape index (κ2) is 7.20. The average molecular weight is 445 g/mol. The van der Waals surface area contributed by atoms with Crippen LogP contribution in [-0.2, 0) is 5.41 Å². The van der Waals surface area contributed by atoms with E-state index >= 15 is 0 Å². The molecule has 3 aromatic carbocycles. The van der Waals surface area contributed by atoms with E-state index in [1.807, 2.05) is 61.5 Å². The van der Waals surface area contributed by atoms with Crippen molar-refractivity contribution in [3.8, 4) is 0 Å². The molecular formula is C26H24N2O3S. The highest BCUT2D eigenvalue weighted by Gasteiger charge is 2.41. The van der Waals surface area contributed by atoms with Crippen LogP contribution in [0.3, 0.4) is 0 Å². The van der Waals surface area contributed by atoms with Gasteiger partial charge in [0, 0.05) is 30.1 Å². The van der Waals surface area contributed by atoms with Crippen LogP contribution in [0.5, 0.6) is 0 Å². The van der Waals surface area contributed by atoms with Crippen LogP contribution in [0.1, 0.15) is 19.4 Å². The lowest BCUT2D eigenvalue weighted by molar-refractivity contribution is 0.504. The Bertz CT molecular complexity index is 1500. The molecule has 2 heterocycles. The molecule has 0 bridgehead atoms. The fourth-order valence-electron chi connectivity index (χ4n) is 4.98. The third kappa shape index (κ3) is 2.89. The molecule has 2 unspecified atom stereocenters. The highest BCUT2D eigenvalue weighted by atomic mass is 32.2. The smallest absolute Gasteiger partial charge is 0.237 e. The quantitative estimate of drug-likeness (QED) is 0.560. The summed E-state index contributed by atoms with van der Waals surface area (Å²) in [5.74, 6) is 0. The van der Waals surface area contributed by atoms with Gasteiger partial charge in [0.2, 0.25) is 16.3 Å². The largest absolute Gasteiger partial charge is 0.367 e. The van der Waals surface area contributed by atoms with Crippen molar-refractivity contribution in [2.75, 3.05) is 23.9 Å². The number of hydrogen-bond acceptors (Lipinski definition) is 6. The molecule has 0 saturated heterocycles. The van der Waals surface area contributed by atoms with Crippen LogP contribution in [0.15, 0.2) is 67.8 Å². The van der Waals surface area contributed by atoms with Gasteiger partial charge in [0.25, 0.3) is 0 Å². The number of anilines is 2. The normalized spacial score (nSPS) is 22.5. The van der Waals surface area contributed by atoms with E-state index in [4.69, 9.17) is 0 Å². The predicted molar refractivity (Wildman–Crippen MR) is 132 cm³/mol. The molecule has 32 heavy (non-hydrogen) atoms. The molecule has 2 aliphatic rings. The molecule has 2 atom stereocenters. The zero-order valence-corrected chi connectivity index (χ0v) is 19.3. The standard InChI is InChI=1S/C26H24N2O3S/c1-26(2)17-9-5-6-10-18(17)27(3)21(26)13-15-23(29)16(25(31)24(15)30)14-22-28(4)19-11-7-8-12-20(19)32-22/h5-14,21-22H,1-4H3. The molecule has 0 aromatic heterocycles. The van der Waals surface area contributed by atoms with E-state index in [0.717, 1.165) is 21.8 Å². The van der Waals surface area contributed by atoms with Crippen molar-refractivity contribution >= 4 is 35.3 Å². The van der Waals surface area contributed by atoms with Crippen molar-refractivity contribution in [2.24, 2.45) is 0 Å². The molecule has 6 heteroatoms. The molecular weight excluding hydrogens is 420 g/mol. The van der Waals surface area contributed by atoms with Crippen LogP contribution in [0.2, 0.25) is 0 Å². The lowest BCUT2D eigenvalue weighted by atomic mass is 9.80. The van der Waals surface area contributed by atoms with Gasteiger partial charge in [-0.2, -0.15) is 0 Å². The third-order valence-electron chi connectivity index (χ3n) is 6.83. The maximum atomic E-state index is 13.2. The van der Waals surface area contributed by atoms with Crippen molar-refractivity contribution in [1.29, 1.82) is 0 Å². The molecule has 0 aliphatic carbocycles. The first kappa shape index (κ1) is 20.8. The highest BCUT2D eigenvalue weighted by molar-refractivity contribution is 8.00. The number of likely N-dealkylation sites (N-methyl/N-ethyl adjacent to an activating group) is 1. The van der Waals surface area contributed by atoms with Crippen molar-refractivity contribution < 1.29 is 0 Å². The molecule has 0 N–H and O–H groups in total. The summed E-state index contributed by atoms with van der Waals surface area (Å²) in [6.07, 6.45) is 3.34. The van der Waals surface area contributed by atoms with Gasteiger partial charge in [0.1, 0.15) is 0 Å². The van der Waals surface area contributed by atoms with Gasteiger partial charge in [-0.25, -0.2) is 0 Å². The maximum Gasteiger partial charge on any atom is 0.237 e. The molecule has 5 rings (SSSR count). The SMILES string of the molecule is CN1c2ccccc2SC1C=c1c(=O)c(=O)c(=CC2N(C)c3ccccc3C2(C)C)c1=O. The Balaban J connectivity index is 1.62. The van der Waals surface area contributed by atoms with Crippen molar-refractivity contribution in [3.63, 3.8) is 0 Å². The number of fused-ring (bicyclic) bond motifs is 2. The van der Waals surface area contributed by atoms with Gasteiger partial charge in [0.05, 0.1) is 27.5 Å². The minimum absolute atomic E-state index is 0.0119. The van der Waals surface area contributed by atoms with Crippen molar-refractivity contribution in [2.45, 2.75) is 35.6 Å². The minimum atomic E-state index is -0.706. The molecule has 2 aliphatic heterocycles. The number of rotatable bonds is 2. The van der Waals surface area contributed by atoms with Gasteiger partial charge >= 0.3 is 0 Å². The summed E-state index contributed by atoms with van der Waals surface area (Å²) in [7, 11) is 3.88. The summed E-state index contributed by atoms with van der Waals surface area (Å²) in [6, 6.07) is 15.8. The van der Waals surface area contributed by atoms with E-state index in [-0.39, 0.29) is 27.3 Å². The summed E-state index contributed by atoms with van der Waals surface area (Å²) in [5.41, 5.74) is 1.09. The third-order valence-corrected chi connectivity index (χ3v) is 8.12. The monoisotopic (exact) mass is 444 g/mol. The van der Waals surface area contributed by atoms with E-state index in [9.17, 15) is 14.4 Å². The van der Waals surface area contributed by atoms with Crippen molar-refractivity contribution in [1.82, 2.24) is 0 Å². The zero-order chi connectivity index (χ0) is 22.8. The molecule has 0 spiro atoms. The van der Waals surface area contributed by atoms with E-state index in [2.05, 4.69) is 24.8 Å². The molecule has 0 saturated carbocycles. The number of nitrogens with zero attached hydrogens (tertiary/aromatic N) is 2. The highest BCUT2D eigenvalue weighted by Crippen LogP contribution is 2.44. The Labute approximate surface area is 190 Å². The van der Waals surface area contributed by atoms with Gasteiger partial charge < -0.3 is 9.80 Å². The van der Waals surface area contributed by atoms with Gasteiger partial charge in [0.15, 0.2) is 0 Å². The number of para-hydroxylation sites is 2. The van der Waals surface area contributed by atoms with Crippen LogP contribution in [0.25, 0.3) is 12.2 Å². The van der Waals surface area contributed by atoms with Gasteiger partial charge in [-0.15, -0.1) is 0 Å². The zero-order valence-electron chi connectivity index (χ0n) is 18.5. The lowest BCUT2D eigenvalue weighted by Gasteiger charge is -2.29. The first-order valence-electron chi connectivity index (χ1n) is 10.6.